The van der Waals surface area contributed by atoms with E-state index in [-0.39, 0.29) is 31.1 Å². The van der Waals surface area contributed by atoms with Gasteiger partial charge in [0, 0.05) is 19.3 Å². The number of carbonyl (C=O) groups is 3. The maximum Gasteiger partial charge on any atom is 0.306 e. The lowest BCUT2D eigenvalue weighted by atomic mass is 10.0. The molecule has 0 radical (unpaired) electrons. The average molecular weight is 1080 g/mol. The molecule has 0 N–H and O–H groups in total. The predicted octanol–water partition coefficient (Wildman–Crippen LogP) is 22.4. The number of hydrogen-bond donors (Lipinski definition) is 0. The summed E-state index contributed by atoms with van der Waals surface area (Å²) >= 11 is 0. The molecule has 78 heavy (non-hydrogen) atoms. The lowest BCUT2D eigenvalue weighted by molar-refractivity contribution is -0.167. The zero-order valence-corrected chi connectivity index (χ0v) is 50.9. The van der Waals surface area contributed by atoms with Crippen LogP contribution < -0.4 is 0 Å². The zero-order chi connectivity index (χ0) is 56.4. The first-order valence-electron chi connectivity index (χ1n) is 32.5. The monoisotopic (exact) mass is 1080 g/mol. The summed E-state index contributed by atoms with van der Waals surface area (Å²) in [7, 11) is 0. The van der Waals surface area contributed by atoms with Gasteiger partial charge in [0.15, 0.2) is 6.10 Å². The van der Waals surface area contributed by atoms with E-state index in [0.29, 0.717) is 19.3 Å². The standard InChI is InChI=1S/C72H120O6/c1-4-7-10-13-16-19-22-25-27-29-31-32-33-34-35-36-37-38-39-40-41-43-44-47-50-53-56-59-62-65-71(74)77-68-69(67-76-70(73)64-61-58-55-52-49-46-24-21-18-15-12-9-6-3)78-72(75)66-63-60-57-54-51-48-45-42-30-28-26-23-20-17-14-11-8-5-2/h7,9-10,12,16,18-21,23,25,27-28,30-32,34-35,46,49,69H,4-6,8,11,13-15,17,22,24,26,29,33,36-45,47-48,50-68H2,1-3H3/b10-7-,12-9-,19-16-,21-18-,23-20-,27-25-,30-28-,32-31-,35-34-,49-46-. The Balaban J connectivity index is 4.30. The van der Waals surface area contributed by atoms with Crippen LogP contribution in [0.3, 0.4) is 0 Å². The molecule has 1 atom stereocenters. The maximum atomic E-state index is 12.9. The topological polar surface area (TPSA) is 78.9 Å². The molecule has 0 rings (SSSR count). The third kappa shape index (κ3) is 62.7. The van der Waals surface area contributed by atoms with Crippen LogP contribution in [-0.4, -0.2) is 37.2 Å². The SMILES string of the molecule is CC/C=C\C/C=C\C/C=C\C/C=C\C/C=C\CCCCCCCCCCCCCCCC(=O)OCC(COC(=O)CCCCC/C=C\C/C=C\C/C=C\CC)OC(=O)CCCCCCCCC/C=C\C/C=C\CCCCCC. The molecule has 0 aromatic rings. The van der Waals surface area contributed by atoms with Crippen molar-refractivity contribution in [3.8, 4) is 0 Å². The van der Waals surface area contributed by atoms with Gasteiger partial charge in [0.25, 0.3) is 0 Å². The fraction of sp³-hybridized carbons (Fsp3) is 0.681. The molecule has 6 nitrogen and oxygen atoms in total. The summed E-state index contributed by atoms with van der Waals surface area (Å²) in [6.45, 7) is 6.38. The van der Waals surface area contributed by atoms with Gasteiger partial charge in [-0.3, -0.25) is 14.4 Å². The van der Waals surface area contributed by atoms with Gasteiger partial charge >= 0.3 is 17.9 Å². The molecule has 0 aromatic heterocycles. The predicted molar refractivity (Wildman–Crippen MR) is 339 cm³/mol. The summed E-state index contributed by atoms with van der Waals surface area (Å²) < 4.78 is 16.9. The van der Waals surface area contributed by atoms with Gasteiger partial charge in [-0.25, -0.2) is 0 Å². The summed E-state index contributed by atoms with van der Waals surface area (Å²) in [4.78, 5) is 38.3. The molecular weight excluding hydrogens is 961 g/mol. The van der Waals surface area contributed by atoms with Gasteiger partial charge in [-0.1, -0.05) is 271 Å². The van der Waals surface area contributed by atoms with E-state index in [2.05, 4.69) is 142 Å². The molecule has 0 aliphatic heterocycles. The van der Waals surface area contributed by atoms with Crippen molar-refractivity contribution in [2.24, 2.45) is 0 Å². The molecule has 0 aliphatic rings. The summed E-state index contributed by atoms with van der Waals surface area (Å²) in [6, 6.07) is 0. The second-order valence-electron chi connectivity index (χ2n) is 21.3. The van der Waals surface area contributed by atoms with Crippen LogP contribution in [0.5, 0.6) is 0 Å². The van der Waals surface area contributed by atoms with Crippen LogP contribution in [0.2, 0.25) is 0 Å². The number of unbranched alkanes of at least 4 members (excludes halogenated alkanes) is 27. The van der Waals surface area contributed by atoms with Crippen LogP contribution in [0.1, 0.15) is 297 Å². The van der Waals surface area contributed by atoms with Gasteiger partial charge in [-0.2, -0.15) is 0 Å². The van der Waals surface area contributed by atoms with Gasteiger partial charge in [0.2, 0.25) is 0 Å². The van der Waals surface area contributed by atoms with E-state index < -0.39 is 6.10 Å². The molecule has 0 fully saturated rings. The van der Waals surface area contributed by atoms with E-state index in [4.69, 9.17) is 14.2 Å². The highest BCUT2D eigenvalue weighted by atomic mass is 16.6. The Hall–Kier alpha value is -4.19. The molecule has 444 valence electrons. The van der Waals surface area contributed by atoms with Crippen molar-refractivity contribution in [3.63, 3.8) is 0 Å². The Morgan fingerprint density at radius 3 is 0.795 bits per heavy atom. The highest BCUT2D eigenvalue weighted by Gasteiger charge is 2.19. The maximum absolute atomic E-state index is 12.9. The van der Waals surface area contributed by atoms with Crippen molar-refractivity contribution in [2.45, 2.75) is 303 Å². The van der Waals surface area contributed by atoms with Crippen LogP contribution in [0.25, 0.3) is 0 Å². The highest BCUT2D eigenvalue weighted by Crippen LogP contribution is 2.16. The number of allylic oxidation sites excluding steroid dienone is 20. The second-order valence-corrected chi connectivity index (χ2v) is 21.3. The molecule has 0 heterocycles. The van der Waals surface area contributed by atoms with Crippen molar-refractivity contribution in [1.82, 2.24) is 0 Å². The molecule has 6 heteroatoms. The minimum atomic E-state index is -0.798. The Morgan fingerprint density at radius 1 is 0.269 bits per heavy atom. The van der Waals surface area contributed by atoms with Gasteiger partial charge in [-0.15, -0.1) is 0 Å². The Bertz CT molecular complexity index is 1620. The third-order valence-corrected chi connectivity index (χ3v) is 13.7. The molecule has 0 saturated heterocycles. The van der Waals surface area contributed by atoms with Crippen LogP contribution >= 0.6 is 0 Å². The summed E-state index contributed by atoms with van der Waals surface area (Å²) in [5.74, 6) is -0.926. The first-order valence-corrected chi connectivity index (χ1v) is 32.5. The van der Waals surface area contributed by atoms with Crippen molar-refractivity contribution >= 4 is 17.9 Å². The molecular formula is C72H120O6. The molecule has 0 bridgehead atoms. The summed E-state index contributed by atoms with van der Waals surface area (Å²) in [6.07, 6.45) is 90.7. The van der Waals surface area contributed by atoms with Crippen molar-refractivity contribution < 1.29 is 28.6 Å². The van der Waals surface area contributed by atoms with E-state index in [0.717, 1.165) is 128 Å². The smallest absolute Gasteiger partial charge is 0.306 e. The molecule has 0 aliphatic carbocycles. The lowest BCUT2D eigenvalue weighted by Gasteiger charge is -2.18. The molecule has 0 amide bonds. The van der Waals surface area contributed by atoms with Crippen molar-refractivity contribution in [2.75, 3.05) is 13.2 Å². The van der Waals surface area contributed by atoms with Crippen molar-refractivity contribution in [3.05, 3.63) is 122 Å². The number of carbonyl (C=O) groups excluding carboxylic acids is 3. The van der Waals surface area contributed by atoms with E-state index in [9.17, 15) is 14.4 Å². The highest BCUT2D eigenvalue weighted by molar-refractivity contribution is 5.71. The van der Waals surface area contributed by atoms with Crippen LogP contribution in [0.15, 0.2) is 122 Å². The third-order valence-electron chi connectivity index (χ3n) is 13.7. The first kappa shape index (κ1) is 73.8. The number of rotatable bonds is 58. The molecule has 0 aromatic carbocycles. The second kappa shape index (κ2) is 65.3. The summed E-state index contributed by atoms with van der Waals surface area (Å²) in [5, 5.41) is 0. The molecule has 0 spiro atoms. The fourth-order valence-electron chi connectivity index (χ4n) is 8.87. The zero-order valence-electron chi connectivity index (χ0n) is 50.9. The van der Waals surface area contributed by atoms with Crippen molar-refractivity contribution in [1.29, 1.82) is 0 Å². The fourth-order valence-corrected chi connectivity index (χ4v) is 8.87. The van der Waals surface area contributed by atoms with E-state index >= 15 is 0 Å². The summed E-state index contributed by atoms with van der Waals surface area (Å²) in [5.41, 5.74) is 0. The van der Waals surface area contributed by atoms with Gasteiger partial charge < -0.3 is 14.2 Å². The largest absolute Gasteiger partial charge is 0.462 e. The first-order chi connectivity index (χ1) is 38.5. The lowest BCUT2D eigenvalue weighted by Crippen LogP contribution is -2.30. The van der Waals surface area contributed by atoms with Gasteiger partial charge in [0.05, 0.1) is 0 Å². The minimum Gasteiger partial charge on any atom is -0.462 e. The van der Waals surface area contributed by atoms with E-state index in [1.165, 1.54) is 128 Å². The number of ether oxygens (including phenoxy) is 3. The quantitative estimate of drug-likeness (QED) is 0.0261. The normalized spacial score (nSPS) is 12.9. The minimum absolute atomic E-state index is 0.0923. The van der Waals surface area contributed by atoms with Gasteiger partial charge in [-0.05, 0) is 128 Å². The number of hydrogen-bond acceptors (Lipinski definition) is 6. The van der Waals surface area contributed by atoms with Crippen LogP contribution in [0, 0.1) is 0 Å². The van der Waals surface area contributed by atoms with E-state index in [1.807, 2.05) is 0 Å². The Labute approximate surface area is 482 Å². The Kier molecular flexibility index (Phi) is 61.8. The van der Waals surface area contributed by atoms with Crippen LogP contribution in [-0.2, 0) is 28.6 Å². The molecule has 0 saturated carbocycles. The molecule has 1 unspecified atom stereocenters. The Morgan fingerprint density at radius 2 is 0.500 bits per heavy atom. The van der Waals surface area contributed by atoms with Gasteiger partial charge in [0.1, 0.15) is 13.2 Å². The van der Waals surface area contributed by atoms with E-state index in [1.54, 1.807) is 0 Å². The average Bonchev–Trinajstić information content (AvgIpc) is 3.44. The number of esters is 3. The van der Waals surface area contributed by atoms with Crippen LogP contribution in [0.4, 0.5) is 0 Å².